The average Bonchev–Trinajstić information content (AvgIpc) is 3.00. The molecule has 0 amide bonds. The molecule has 150 valence electrons. The Labute approximate surface area is 175 Å². The zero-order chi connectivity index (χ0) is 21.6. The lowest BCUT2D eigenvalue weighted by Gasteiger charge is -2.30. The fraction of sp³-hybridized carbons (Fsp3) is 0.240. The van der Waals surface area contributed by atoms with E-state index in [9.17, 15) is 14.9 Å². The number of nitrogens with one attached hydrogen (secondary N) is 1. The predicted octanol–water partition coefficient (Wildman–Crippen LogP) is 4.61. The minimum absolute atomic E-state index is 0.0393. The fourth-order valence-electron chi connectivity index (χ4n) is 4.35. The number of ether oxygens (including phenoxy) is 1. The highest BCUT2D eigenvalue weighted by atomic mass is 16.5. The van der Waals surface area contributed by atoms with E-state index >= 15 is 0 Å². The number of carbonyl (C=O) groups is 2. The third-order valence-corrected chi connectivity index (χ3v) is 5.54. The molecule has 0 spiro atoms. The van der Waals surface area contributed by atoms with Gasteiger partial charge in [-0.1, -0.05) is 42.5 Å². The number of benzene rings is 2. The van der Waals surface area contributed by atoms with Crippen molar-refractivity contribution in [1.29, 1.82) is 5.26 Å². The number of fused-ring (bicyclic) bond motifs is 3. The molecule has 2 aromatic rings. The van der Waals surface area contributed by atoms with Gasteiger partial charge in [-0.3, -0.25) is 4.79 Å². The molecule has 1 heterocycles. The molecule has 1 unspecified atom stereocenters. The minimum atomic E-state index is -0.614. The van der Waals surface area contributed by atoms with Gasteiger partial charge in [-0.2, -0.15) is 5.26 Å². The van der Waals surface area contributed by atoms with Gasteiger partial charge in [0.1, 0.15) is 0 Å². The molecule has 0 bridgehead atoms. The number of hydrogen-bond acceptors (Lipinski definition) is 5. The van der Waals surface area contributed by atoms with Crippen molar-refractivity contribution < 1.29 is 14.3 Å². The lowest BCUT2D eigenvalue weighted by molar-refractivity contribution is -0.143. The Bertz CT molecular complexity index is 1200. The van der Waals surface area contributed by atoms with Crippen molar-refractivity contribution in [2.45, 2.75) is 39.7 Å². The summed E-state index contributed by atoms with van der Waals surface area (Å²) < 4.78 is 5.51. The Morgan fingerprint density at radius 3 is 2.37 bits per heavy atom. The van der Waals surface area contributed by atoms with Crippen LogP contribution in [-0.4, -0.2) is 17.9 Å². The Hall–Kier alpha value is -3.65. The van der Waals surface area contributed by atoms with Gasteiger partial charge in [-0.05, 0) is 44.4 Å². The van der Waals surface area contributed by atoms with Crippen LogP contribution in [0, 0.1) is 11.3 Å². The van der Waals surface area contributed by atoms with Crippen LogP contribution in [0.3, 0.4) is 0 Å². The second kappa shape index (κ2) is 7.31. The topological polar surface area (TPSA) is 79.2 Å². The number of allylic oxidation sites excluding steroid dienone is 3. The molecule has 1 aliphatic heterocycles. The van der Waals surface area contributed by atoms with Crippen LogP contribution in [0.25, 0.3) is 11.1 Å². The van der Waals surface area contributed by atoms with E-state index in [0.29, 0.717) is 33.7 Å². The van der Waals surface area contributed by atoms with Crippen molar-refractivity contribution in [1.82, 2.24) is 5.32 Å². The SMILES string of the molecule is CC1=C(C#N)C(c2cccc3c2-c2ccccc2C3=O)C(C(=O)OC(C)C)=C(C)N1. The van der Waals surface area contributed by atoms with Crippen LogP contribution < -0.4 is 5.32 Å². The summed E-state index contributed by atoms with van der Waals surface area (Å²) in [6.45, 7) is 7.21. The van der Waals surface area contributed by atoms with Gasteiger partial charge in [-0.15, -0.1) is 0 Å². The number of dihydropyridines is 1. The van der Waals surface area contributed by atoms with Crippen LogP contribution in [-0.2, 0) is 9.53 Å². The van der Waals surface area contributed by atoms with Crippen LogP contribution in [0.2, 0.25) is 0 Å². The molecule has 0 saturated heterocycles. The highest BCUT2D eigenvalue weighted by molar-refractivity contribution is 6.22. The summed E-state index contributed by atoms with van der Waals surface area (Å²) in [5, 5.41) is 13.1. The summed E-state index contributed by atoms with van der Waals surface area (Å²) in [5.41, 5.74) is 5.80. The van der Waals surface area contributed by atoms with Crippen LogP contribution in [0.15, 0.2) is 65.0 Å². The lowest BCUT2D eigenvalue weighted by Crippen LogP contribution is -2.30. The van der Waals surface area contributed by atoms with E-state index in [0.717, 1.165) is 16.7 Å². The zero-order valence-corrected chi connectivity index (χ0v) is 17.4. The third kappa shape index (κ3) is 2.93. The monoisotopic (exact) mass is 398 g/mol. The highest BCUT2D eigenvalue weighted by Gasteiger charge is 2.38. The van der Waals surface area contributed by atoms with E-state index in [1.165, 1.54) is 0 Å². The standard InChI is InChI=1S/C25H22N2O3/c1-13(2)30-25(29)21-15(4)27-14(3)20(12-26)23(21)18-10-7-11-19-22(18)16-8-5-6-9-17(16)24(19)28/h5-11,13,23,27H,1-4H3. The van der Waals surface area contributed by atoms with E-state index in [4.69, 9.17) is 4.74 Å². The number of hydrogen-bond donors (Lipinski definition) is 1. The lowest BCUT2D eigenvalue weighted by atomic mass is 9.78. The van der Waals surface area contributed by atoms with Gasteiger partial charge in [0.2, 0.25) is 0 Å². The Balaban J connectivity index is 1.99. The first-order valence-electron chi connectivity index (χ1n) is 9.91. The molecule has 1 atom stereocenters. The van der Waals surface area contributed by atoms with Crippen LogP contribution >= 0.6 is 0 Å². The molecule has 0 aromatic heterocycles. The van der Waals surface area contributed by atoms with Gasteiger partial charge < -0.3 is 10.1 Å². The molecule has 0 radical (unpaired) electrons. The number of nitriles is 1. The second-order valence-corrected chi connectivity index (χ2v) is 7.85. The normalized spacial score (nSPS) is 17.5. The smallest absolute Gasteiger partial charge is 0.337 e. The first kappa shape index (κ1) is 19.7. The molecule has 0 fully saturated rings. The van der Waals surface area contributed by atoms with Crippen LogP contribution in [0.5, 0.6) is 0 Å². The molecule has 2 aromatic carbocycles. The maximum atomic E-state index is 13.1. The van der Waals surface area contributed by atoms with E-state index < -0.39 is 11.9 Å². The molecule has 1 aliphatic carbocycles. The number of ketones is 1. The van der Waals surface area contributed by atoms with E-state index in [-0.39, 0.29) is 11.9 Å². The molecule has 1 N–H and O–H groups in total. The summed E-state index contributed by atoms with van der Waals surface area (Å²) in [5.74, 6) is -1.12. The number of nitrogens with zero attached hydrogens (tertiary/aromatic N) is 1. The van der Waals surface area contributed by atoms with Crippen molar-refractivity contribution in [3.05, 3.63) is 81.7 Å². The largest absolute Gasteiger partial charge is 0.460 e. The molecular weight excluding hydrogens is 376 g/mol. The van der Waals surface area contributed by atoms with Crippen molar-refractivity contribution in [3.63, 3.8) is 0 Å². The molecule has 5 nitrogen and oxygen atoms in total. The summed E-state index contributed by atoms with van der Waals surface area (Å²) in [7, 11) is 0. The number of rotatable bonds is 3. The zero-order valence-electron chi connectivity index (χ0n) is 17.4. The van der Waals surface area contributed by atoms with Gasteiger partial charge in [0, 0.05) is 22.5 Å². The molecule has 2 aliphatic rings. The summed E-state index contributed by atoms with van der Waals surface area (Å²) in [6.07, 6.45) is -0.292. The summed E-state index contributed by atoms with van der Waals surface area (Å²) in [4.78, 5) is 26.0. The highest BCUT2D eigenvalue weighted by Crippen LogP contribution is 2.47. The van der Waals surface area contributed by atoms with Gasteiger partial charge in [0.05, 0.1) is 29.2 Å². The third-order valence-electron chi connectivity index (χ3n) is 5.54. The number of carbonyl (C=O) groups excluding carboxylic acids is 2. The number of esters is 1. The van der Waals surface area contributed by atoms with E-state index in [1.54, 1.807) is 19.9 Å². The van der Waals surface area contributed by atoms with Gasteiger partial charge in [-0.25, -0.2) is 4.79 Å². The summed E-state index contributed by atoms with van der Waals surface area (Å²) >= 11 is 0. The second-order valence-electron chi connectivity index (χ2n) is 7.85. The van der Waals surface area contributed by atoms with Gasteiger partial charge >= 0.3 is 5.97 Å². The maximum absolute atomic E-state index is 13.1. The summed E-state index contributed by atoms with van der Waals surface area (Å²) in [6, 6.07) is 15.2. The average molecular weight is 398 g/mol. The first-order chi connectivity index (χ1) is 14.3. The Morgan fingerprint density at radius 2 is 1.70 bits per heavy atom. The minimum Gasteiger partial charge on any atom is -0.460 e. The predicted molar refractivity (Wildman–Crippen MR) is 113 cm³/mol. The molecule has 5 heteroatoms. The van der Waals surface area contributed by atoms with E-state index in [2.05, 4.69) is 11.4 Å². The van der Waals surface area contributed by atoms with Crippen molar-refractivity contribution in [2.24, 2.45) is 0 Å². The van der Waals surface area contributed by atoms with Crippen molar-refractivity contribution in [3.8, 4) is 17.2 Å². The van der Waals surface area contributed by atoms with Gasteiger partial charge in [0.15, 0.2) is 5.78 Å². The first-order valence-corrected chi connectivity index (χ1v) is 9.91. The quantitative estimate of drug-likeness (QED) is 0.652. The molecular formula is C25H22N2O3. The molecule has 30 heavy (non-hydrogen) atoms. The van der Waals surface area contributed by atoms with Crippen LogP contribution in [0.4, 0.5) is 0 Å². The Kier molecular flexibility index (Phi) is 4.79. The van der Waals surface area contributed by atoms with Crippen molar-refractivity contribution in [2.75, 3.05) is 0 Å². The van der Waals surface area contributed by atoms with Gasteiger partial charge in [0.25, 0.3) is 0 Å². The molecule has 4 rings (SSSR count). The van der Waals surface area contributed by atoms with Crippen molar-refractivity contribution >= 4 is 11.8 Å². The fourth-order valence-corrected chi connectivity index (χ4v) is 4.35. The maximum Gasteiger partial charge on any atom is 0.337 e. The van der Waals surface area contributed by atoms with E-state index in [1.807, 2.05) is 50.2 Å². The Morgan fingerprint density at radius 1 is 1.03 bits per heavy atom. The van der Waals surface area contributed by atoms with Crippen LogP contribution in [0.1, 0.15) is 55.1 Å². The molecule has 0 saturated carbocycles.